The molecule has 0 saturated heterocycles. The fourth-order valence-corrected chi connectivity index (χ4v) is 2.52. The maximum Gasteiger partial charge on any atom is 0.0698 e. The zero-order valence-corrected chi connectivity index (χ0v) is 11.7. The van der Waals surface area contributed by atoms with Crippen LogP contribution in [-0.4, -0.2) is 4.83 Å². The van der Waals surface area contributed by atoms with Crippen molar-refractivity contribution in [3.63, 3.8) is 0 Å². The van der Waals surface area contributed by atoms with Crippen LogP contribution in [0.2, 0.25) is 0 Å². The molecule has 1 saturated carbocycles. The van der Waals surface area contributed by atoms with Gasteiger partial charge in [0.2, 0.25) is 0 Å². The molecular formula is C10H14Br2S. The van der Waals surface area contributed by atoms with Gasteiger partial charge in [0.05, 0.1) is 3.79 Å². The number of halogens is 2. The van der Waals surface area contributed by atoms with Gasteiger partial charge < -0.3 is 0 Å². The van der Waals surface area contributed by atoms with Crippen LogP contribution in [0.15, 0.2) is 21.3 Å². The average Bonchev–Trinajstić information content (AvgIpc) is 2.71. The molecule has 74 valence electrons. The molecule has 1 fully saturated rings. The van der Waals surface area contributed by atoms with E-state index in [-0.39, 0.29) is 0 Å². The monoisotopic (exact) mass is 324 g/mol. The van der Waals surface area contributed by atoms with Crippen LogP contribution >= 0.6 is 43.2 Å². The molecule has 1 aliphatic carbocycles. The summed E-state index contributed by atoms with van der Waals surface area (Å²) in [6.45, 7) is 2.22. The van der Waals surface area contributed by atoms with Gasteiger partial charge in [-0.1, -0.05) is 41.8 Å². The van der Waals surface area contributed by atoms with Gasteiger partial charge in [-0.3, -0.25) is 0 Å². The Balaban J connectivity index is 0.000000132. The number of hydrogen-bond donors (Lipinski definition) is 0. The summed E-state index contributed by atoms with van der Waals surface area (Å²) in [6.07, 6.45) is 4.35. The predicted molar refractivity (Wildman–Crippen MR) is 67.7 cm³/mol. The minimum Gasteiger partial charge on any atom is -0.137 e. The van der Waals surface area contributed by atoms with Gasteiger partial charge in [0.25, 0.3) is 0 Å². The molecule has 0 bridgehead atoms. The molecule has 0 amide bonds. The van der Waals surface area contributed by atoms with Crippen LogP contribution in [0.5, 0.6) is 0 Å². The topological polar surface area (TPSA) is 0 Å². The fraction of sp³-hybridized carbons (Fsp3) is 0.600. The van der Waals surface area contributed by atoms with Crippen LogP contribution in [0, 0.1) is 5.92 Å². The molecule has 2 rings (SSSR count). The highest BCUT2D eigenvalue weighted by Crippen LogP contribution is 2.34. The normalized spacial score (nSPS) is 17.5. The molecule has 1 unspecified atom stereocenters. The summed E-state index contributed by atoms with van der Waals surface area (Å²) in [5.74, 6) is 1.08. The molecule has 1 atom stereocenters. The van der Waals surface area contributed by atoms with Crippen LogP contribution in [0.4, 0.5) is 0 Å². The first-order chi connectivity index (χ1) is 6.18. The smallest absolute Gasteiger partial charge is 0.0698 e. The van der Waals surface area contributed by atoms with E-state index in [2.05, 4.69) is 38.8 Å². The van der Waals surface area contributed by atoms with Crippen LogP contribution in [0.3, 0.4) is 0 Å². The van der Waals surface area contributed by atoms with E-state index in [1.165, 1.54) is 23.0 Å². The van der Waals surface area contributed by atoms with Crippen molar-refractivity contribution < 1.29 is 0 Å². The Kier molecular flexibility index (Phi) is 5.60. The van der Waals surface area contributed by atoms with Crippen molar-refractivity contribution in [2.75, 3.05) is 0 Å². The molecular weight excluding hydrogens is 312 g/mol. The summed E-state index contributed by atoms with van der Waals surface area (Å²) in [5, 5.41) is 2.03. The Morgan fingerprint density at radius 2 is 2.31 bits per heavy atom. The van der Waals surface area contributed by atoms with Crippen LogP contribution in [0.25, 0.3) is 0 Å². The zero-order valence-electron chi connectivity index (χ0n) is 7.67. The second-order valence-electron chi connectivity index (χ2n) is 3.38. The standard InChI is InChI=1S/C6H11Br.C4H3BrS/c1-5(7)4-6-2-3-6;5-4-2-1-3-6-4/h5-6H,2-4H2,1H3;1-3H. The molecule has 0 aromatic carbocycles. The molecule has 1 aromatic heterocycles. The molecule has 1 aliphatic rings. The van der Waals surface area contributed by atoms with Gasteiger partial charge in [-0.15, -0.1) is 11.3 Å². The highest BCUT2D eigenvalue weighted by Gasteiger charge is 2.22. The summed E-state index contributed by atoms with van der Waals surface area (Å²) in [4.78, 5) is 0.750. The fourth-order valence-electron chi connectivity index (χ4n) is 1.07. The van der Waals surface area contributed by atoms with E-state index in [4.69, 9.17) is 0 Å². The van der Waals surface area contributed by atoms with Gasteiger partial charge in [0.15, 0.2) is 0 Å². The van der Waals surface area contributed by atoms with Crippen molar-refractivity contribution >= 4 is 43.2 Å². The lowest BCUT2D eigenvalue weighted by atomic mass is 10.2. The Labute approximate surface area is 101 Å². The maximum atomic E-state index is 3.51. The molecule has 3 heteroatoms. The number of rotatable bonds is 2. The molecule has 0 N–H and O–H groups in total. The molecule has 1 aromatic rings. The Bertz CT molecular complexity index is 215. The van der Waals surface area contributed by atoms with Crippen molar-refractivity contribution in [2.45, 2.75) is 31.0 Å². The van der Waals surface area contributed by atoms with E-state index in [9.17, 15) is 0 Å². The Morgan fingerprint density at radius 1 is 1.62 bits per heavy atom. The highest BCUT2D eigenvalue weighted by atomic mass is 79.9. The minimum absolute atomic E-state index is 0.750. The minimum atomic E-state index is 0.750. The maximum absolute atomic E-state index is 3.51. The zero-order chi connectivity index (χ0) is 9.68. The van der Waals surface area contributed by atoms with Crippen molar-refractivity contribution in [2.24, 2.45) is 5.92 Å². The van der Waals surface area contributed by atoms with E-state index in [0.29, 0.717) is 0 Å². The molecule has 0 radical (unpaired) electrons. The number of alkyl halides is 1. The second kappa shape index (κ2) is 6.20. The molecule has 13 heavy (non-hydrogen) atoms. The Hall–Kier alpha value is 0.660. The summed E-state index contributed by atoms with van der Waals surface area (Å²) < 4.78 is 1.20. The van der Waals surface area contributed by atoms with Crippen LogP contribution in [0.1, 0.15) is 26.2 Å². The average molecular weight is 326 g/mol. The van der Waals surface area contributed by atoms with Gasteiger partial charge in [-0.05, 0) is 39.7 Å². The van der Waals surface area contributed by atoms with Gasteiger partial charge >= 0.3 is 0 Å². The molecule has 0 nitrogen and oxygen atoms in total. The summed E-state index contributed by atoms with van der Waals surface area (Å²) in [5.41, 5.74) is 0. The Morgan fingerprint density at radius 3 is 2.46 bits per heavy atom. The third-order valence-electron chi connectivity index (χ3n) is 1.84. The summed E-state index contributed by atoms with van der Waals surface area (Å²) in [6, 6.07) is 4.03. The highest BCUT2D eigenvalue weighted by molar-refractivity contribution is 9.11. The third kappa shape index (κ3) is 6.69. The summed E-state index contributed by atoms with van der Waals surface area (Å²) >= 11 is 8.51. The number of thiophene rings is 1. The van der Waals surface area contributed by atoms with Crippen molar-refractivity contribution in [1.29, 1.82) is 0 Å². The lowest BCUT2D eigenvalue weighted by Gasteiger charge is -1.95. The quantitative estimate of drug-likeness (QED) is 0.665. The first kappa shape index (κ1) is 11.7. The van der Waals surface area contributed by atoms with E-state index < -0.39 is 0 Å². The van der Waals surface area contributed by atoms with Crippen LogP contribution in [-0.2, 0) is 0 Å². The lowest BCUT2D eigenvalue weighted by Crippen LogP contribution is -1.89. The summed E-state index contributed by atoms with van der Waals surface area (Å²) in [7, 11) is 0. The first-order valence-corrected chi connectivity index (χ1v) is 7.10. The van der Waals surface area contributed by atoms with E-state index in [1.807, 2.05) is 17.5 Å². The van der Waals surface area contributed by atoms with Gasteiger partial charge in [-0.25, -0.2) is 0 Å². The predicted octanol–water partition coefficient (Wildman–Crippen LogP) is 5.08. The largest absolute Gasteiger partial charge is 0.137 e. The van der Waals surface area contributed by atoms with Crippen molar-refractivity contribution in [3.05, 3.63) is 21.3 Å². The van der Waals surface area contributed by atoms with Gasteiger partial charge in [0.1, 0.15) is 0 Å². The van der Waals surface area contributed by atoms with Gasteiger partial charge in [0, 0.05) is 4.83 Å². The first-order valence-electron chi connectivity index (χ1n) is 4.51. The van der Waals surface area contributed by atoms with E-state index >= 15 is 0 Å². The van der Waals surface area contributed by atoms with Crippen molar-refractivity contribution in [1.82, 2.24) is 0 Å². The van der Waals surface area contributed by atoms with Crippen molar-refractivity contribution in [3.8, 4) is 0 Å². The number of hydrogen-bond acceptors (Lipinski definition) is 1. The molecule has 0 spiro atoms. The van der Waals surface area contributed by atoms with E-state index in [1.54, 1.807) is 11.3 Å². The third-order valence-corrected chi connectivity index (χ3v) is 3.69. The lowest BCUT2D eigenvalue weighted by molar-refractivity contribution is 0.729. The van der Waals surface area contributed by atoms with Crippen LogP contribution < -0.4 is 0 Å². The SMILES string of the molecule is Brc1cccs1.CC(Br)CC1CC1. The van der Waals surface area contributed by atoms with Gasteiger partial charge in [-0.2, -0.15) is 0 Å². The second-order valence-corrected chi connectivity index (χ2v) is 7.27. The molecule has 0 aliphatic heterocycles. The van der Waals surface area contributed by atoms with E-state index in [0.717, 1.165) is 10.7 Å². The molecule has 1 heterocycles.